The summed E-state index contributed by atoms with van der Waals surface area (Å²) in [5, 5.41) is 0. The second-order valence-corrected chi connectivity index (χ2v) is 5.52. The first kappa shape index (κ1) is 13.5. The van der Waals surface area contributed by atoms with Crippen molar-refractivity contribution in [3.63, 3.8) is 0 Å². The summed E-state index contributed by atoms with van der Waals surface area (Å²) in [6, 6.07) is 7.15. The van der Waals surface area contributed by atoms with Crippen LogP contribution in [0, 0.1) is 5.92 Å². The Morgan fingerprint density at radius 3 is 2.83 bits per heavy atom. The van der Waals surface area contributed by atoms with E-state index in [-0.39, 0.29) is 0 Å². The molecule has 1 aliphatic heterocycles. The fourth-order valence-corrected chi connectivity index (χ4v) is 3.06. The van der Waals surface area contributed by atoms with Gasteiger partial charge in [-0.15, -0.1) is 0 Å². The quantitative estimate of drug-likeness (QED) is 0.892. The maximum Gasteiger partial charge on any atom is 0.0578 e. The van der Waals surface area contributed by atoms with Crippen LogP contribution in [0.5, 0.6) is 0 Å². The van der Waals surface area contributed by atoms with E-state index in [4.69, 9.17) is 5.73 Å². The molecule has 1 aromatic rings. The third-order valence-electron chi connectivity index (χ3n) is 4.00. The molecular weight excluding hydrogens is 222 g/mol. The summed E-state index contributed by atoms with van der Waals surface area (Å²) >= 11 is 0. The van der Waals surface area contributed by atoms with Gasteiger partial charge in [0.2, 0.25) is 0 Å². The molecule has 2 N–H and O–H groups in total. The molecule has 1 fully saturated rings. The molecule has 2 heterocycles. The smallest absolute Gasteiger partial charge is 0.0578 e. The average molecular weight is 247 g/mol. The molecule has 0 amide bonds. The Balaban J connectivity index is 2.32. The Morgan fingerprint density at radius 2 is 2.22 bits per heavy atom. The van der Waals surface area contributed by atoms with Gasteiger partial charge in [0.25, 0.3) is 0 Å². The average Bonchev–Trinajstić information content (AvgIpc) is 2.61. The third kappa shape index (κ3) is 2.90. The molecule has 0 radical (unpaired) electrons. The Hall–Kier alpha value is -0.930. The molecule has 2 atom stereocenters. The van der Waals surface area contributed by atoms with E-state index in [2.05, 4.69) is 35.9 Å². The van der Waals surface area contributed by atoms with Crippen LogP contribution in [0.3, 0.4) is 0 Å². The summed E-state index contributed by atoms with van der Waals surface area (Å²) in [5.74, 6) is 0.532. The first-order chi connectivity index (χ1) is 8.74. The Bertz CT molecular complexity index is 350. The molecule has 0 bridgehead atoms. The predicted molar refractivity (Wildman–Crippen MR) is 75.2 cm³/mol. The van der Waals surface area contributed by atoms with Crippen molar-refractivity contribution in [1.29, 1.82) is 0 Å². The molecule has 0 aliphatic carbocycles. The molecule has 3 heteroatoms. The molecule has 18 heavy (non-hydrogen) atoms. The highest BCUT2D eigenvalue weighted by Crippen LogP contribution is 2.34. The highest BCUT2D eigenvalue weighted by atomic mass is 15.2. The topological polar surface area (TPSA) is 42.1 Å². The van der Waals surface area contributed by atoms with Crippen molar-refractivity contribution in [3.05, 3.63) is 30.1 Å². The minimum Gasteiger partial charge on any atom is -0.330 e. The first-order valence-corrected chi connectivity index (χ1v) is 7.10. The summed E-state index contributed by atoms with van der Waals surface area (Å²) in [4.78, 5) is 7.15. The van der Waals surface area contributed by atoms with Gasteiger partial charge in [-0.1, -0.05) is 12.5 Å². The number of likely N-dealkylation sites (tertiary alicyclic amines) is 1. The number of rotatable bonds is 3. The van der Waals surface area contributed by atoms with E-state index in [0.29, 0.717) is 18.0 Å². The van der Waals surface area contributed by atoms with Gasteiger partial charge >= 0.3 is 0 Å². The predicted octanol–water partition coefficient (Wildman–Crippen LogP) is 2.59. The number of nitrogens with zero attached hydrogens (tertiary/aromatic N) is 2. The zero-order valence-corrected chi connectivity index (χ0v) is 11.5. The second kappa shape index (κ2) is 6.30. The van der Waals surface area contributed by atoms with Crippen molar-refractivity contribution in [2.24, 2.45) is 11.7 Å². The van der Waals surface area contributed by atoms with Crippen molar-refractivity contribution in [1.82, 2.24) is 9.88 Å². The molecule has 0 saturated carbocycles. The number of hydrogen-bond donors (Lipinski definition) is 1. The summed E-state index contributed by atoms with van der Waals surface area (Å²) in [5.41, 5.74) is 7.19. The molecule has 100 valence electrons. The highest BCUT2D eigenvalue weighted by Gasteiger charge is 2.32. The fourth-order valence-electron chi connectivity index (χ4n) is 3.06. The largest absolute Gasteiger partial charge is 0.330 e. The number of hydrogen-bond acceptors (Lipinski definition) is 3. The van der Waals surface area contributed by atoms with Crippen LogP contribution in [-0.4, -0.2) is 29.0 Å². The van der Waals surface area contributed by atoms with Crippen molar-refractivity contribution in [3.8, 4) is 0 Å². The van der Waals surface area contributed by atoms with E-state index < -0.39 is 0 Å². The second-order valence-electron chi connectivity index (χ2n) is 5.52. The molecule has 1 aromatic heterocycles. The van der Waals surface area contributed by atoms with Gasteiger partial charge in [0, 0.05) is 12.2 Å². The lowest BCUT2D eigenvalue weighted by Crippen LogP contribution is -2.40. The summed E-state index contributed by atoms with van der Waals surface area (Å²) in [6.45, 7) is 6.46. The van der Waals surface area contributed by atoms with Gasteiger partial charge in [0.15, 0.2) is 0 Å². The molecule has 2 unspecified atom stereocenters. The van der Waals surface area contributed by atoms with Gasteiger partial charge in [0.05, 0.1) is 11.7 Å². The van der Waals surface area contributed by atoms with E-state index in [1.807, 2.05) is 12.3 Å². The molecule has 0 spiro atoms. The lowest BCUT2D eigenvalue weighted by atomic mass is 9.91. The van der Waals surface area contributed by atoms with Crippen LogP contribution >= 0.6 is 0 Å². The first-order valence-electron chi connectivity index (χ1n) is 7.10. The zero-order valence-electron chi connectivity index (χ0n) is 11.5. The lowest BCUT2D eigenvalue weighted by Gasteiger charge is -2.37. The van der Waals surface area contributed by atoms with Crippen LogP contribution in [-0.2, 0) is 0 Å². The molecule has 3 nitrogen and oxygen atoms in total. The van der Waals surface area contributed by atoms with Gasteiger partial charge < -0.3 is 5.73 Å². The number of nitrogens with two attached hydrogens (primary N) is 1. The van der Waals surface area contributed by atoms with E-state index in [1.165, 1.54) is 25.0 Å². The van der Waals surface area contributed by atoms with Crippen molar-refractivity contribution >= 4 is 0 Å². The van der Waals surface area contributed by atoms with Crippen LogP contribution in [0.4, 0.5) is 0 Å². The molecule has 1 saturated heterocycles. The maximum atomic E-state index is 6.01. The number of pyridine rings is 1. The van der Waals surface area contributed by atoms with E-state index in [1.54, 1.807) is 0 Å². The summed E-state index contributed by atoms with van der Waals surface area (Å²) in [7, 11) is 0. The van der Waals surface area contributed by atoms with Crippen molar-refractivity contribution in [2.45, 2.75) is 45.2 Å². The minimum atomic E-state index is 0.388. The monoisotopic (exact) mass is 247 g/mol. The van der Waals surface area contributed by atoms with E-state index in [0.717, 1.165) is 13.1 Å². The Morgan fingerprint density at radius 1 is 1.39 bits per heavy atom. The SMILES string of the molecule is CC(C)N1CCCCC(CN)C1c1ccccn1. The summed E-state index contributed by atoms with van der Waals surface area (Å²) in [6.07, 6.45) is 5.68. The van der Waals surface area contributed by atoms with Crippen molar-refractivity contribution in [2.75, 3.05) is 13.1 Å². The van der Waals surface area contributed by atoms with Gasteiger partial charge in [-0.3, -0.25) is 9.88 Å². The van der Waals surface area contributed by atoms with Gasteiger partial charge in [-0.25, -0.2) is 0 Å². The lowest BCUT2D eigenvalue weighted by molar-refractivity contribution is 0.118. The maximum absolute atomic E-state index is 6.01. The Labute approximate surface area is 110 Å². The van der Waals surface area contributed by atoms with Gasteiger partial charge in [-0.05, 0) is 57.8 Å². The van der Waals surface area contributed by atoms with Gasteiger partial charge in [0.1, 0.15) is 0 Å². The van der Waals surface area contributed by atoms with Crippen molar-refractivity contribution < 1.29 is 0 Å². The van der Waals surface area contributed by atoms with Crippen LogP contribution < -0.4 is 5.73 Å². The summed E-state index contributed by atoms with van der Waals surface area (Å²) < 4.78 is 0. The Kier molecular flexibility index (Phi) is 4.72. The van der Waals surface area contributed by atoms with Crippen LogP contribution in [0.2, 0.25) is 0 Å². The van der Waals surface area contributed by atoms with E-state index >= 15 is 0 Å². The molecule has 1 aliphatic rings. The molecular formula is C15H25N3. The molecule has 0 aromatic carbocycles. The molecule has 2 rings (SSSR count). The van der Waals surface area contributed by atoms with Crippen LogP contribution in [0.25, 0.3) is 0 Å². The van der Waals surface area contributed by atoms with Gasteiger partial charge in [-0.2, -0.15) is 0 Å². The standard InChI is InChI=1S/C15H25N3/c1-12(2)18-10-6-4-7-13(11-16)15(18)14-8-3-5-9-17-14/h3,5,8-9,12-13,15H,4,6-7,10-11,16H2,1-2H3. The van der Waals surface area contributed by atoms with E-state index in [9.17, 15) is 0 Å². The highest BCUT2D eigenvalue weighted by molar-refractivity contribution is 5.11. The van der Waals surface area contributed by atoms with Crippen LogP contribution in [0.1, 0.15) is 44.8 Å². The zero-order chi connectivity index (χ0) is 13.0. The normalized spacial score (nSPS) is 26.2. The van der Waals surface area contributed by atoms with Crippen LogP contribution in [0.15, 0.2) is 24.4 Å². The third-order valence-corrected chi connectivity index (χ3v) is 4.00. The minimum absolute atomic E-state index is 0.388. The fraction of sp³-hybridized carbons (Fsp3) is 0.667. The number of aromatic nitrogens is 1.